The first kappa shape index (κ1) is 108. The molecule has 0 aliphatic heterocycles. The van der Waals surface area contributed by atoms with Crippen LogP contribution in [0.3, 0.4) is 0 Å². The van der Waals surface area contributed by atoms with Gasteiger partial charge in [0.1, 0.15) is 19.3 Å². The van der Waals surface area contributed by atoms with Gasteiger partial charge in [-0.15, -0.1) is 0 Å². The lowest BCUT2D eigenvalue weighted by atomic mass is 9.99. The maximum atomic E-state index is 13.2. The molecule has 0 radical (unpaired) electrons. The highest BCUT2D eigenvalue weighted by molar-refractivity contribution is 7.47. The Hall–Kier alpha value is -1.94. The lowest BCUT2D eigenvalue weighted by Gasteiger charge is -2.21. The summed E-state index contributed by atoms with van der Waals surface area (Å²) in [5.74, 6) is -0.426. The molecule has 0 heterocycles. The SMILES string of the molecule is CCCCCCCCCCCCCCCCCCCCCCCCC(=O)OC[C@H](COP(=O)(O)OC[C@@H](O)COP(=O)(O)OC[C@@H](COC(=O)CCCCCCCCCC)OC(=O)CCCCCCCCCCCCCCCCCC(C)C)OC(=O)CCCCCCCCCCCCCCCCCCCCC(C)CC. The normalized spacial score (nSPS) is 14.0. The number of carbonyl (C=O) groups excluding carboxylic acids is 4. The molecule has 3 unspecified atom stereocenters. The summed E-state index contributed by atoms with van der Waals surface area (Å²) in [6.07, 6.45) is 76.6. The summed E-state index contributed by atoms with van der Waals surface area (Å²) < 4.78 is 69.0. The van der Waals surface area contributed by atoms with Crippen LogP contribution in [0.5, 0.6) is 0 Å². The minimum Gasteiger partial charge on any atom is -0.462 e. The van der Waals surface area contributed by atoms with E-state index in [0.29, 0.717) is 25.7 Å². The number of aliphatic hydroxyl groups excluding tert-OH is 1. The van der Waals surface area contributed by atoms with E-state index < -0.39 is 97.5 Å². The van der Waals surface area contributed by atoms with Gasteiger partial charge in [-0.25, -0.2) is 9.13 Å². The summed E-state index contributed by atoms with van der Waals surface area (Å²) in [4.78, 5) is 73.3. The van der Waals surface area contributed by atoms with Crippen LogP contribution in [0.15, 0.2) is 0 Å². The molecule has 0 aliphatic carbocycles. The van der Waals surface area contributed by atoms with Crippen LogP contribution in [0.1, 0.15) is 491 Å². The maximum Gasteiger partial charge on any atom is 0.472 e. The fourth-order valence-electron chi connectivity index (χ4n) is 14.3. The Labute approximate surface area is 677 Å². The number of carbonyl (C=O) groups is 4. The van der Waals surface area contributed by atoms with Crippen LogP contribution in [-0.2, 0) is 65.4 Å². The van der Waals surface area contributed by atoms with Crippen LogP contribution in [0.25, 0.3) is 0 Å². The molecule has 0 aliphatic rings. The minimum atomic E-state index is -4.97. The van der Waals surface area contributed by atoms with E-state index in [0.717, 1.165) is 108 Å². The first-order chi connectivity index (χ1) is 53.4. The summed E-state index contributed by atoms with van der Waals surface area (Å²) in [6, 6.07) is 0. The lowest BCUT2D eigenvalue weighted by molar-refractivity contribution is -0.161. The molecule has 110 heavy (non-hydrogen) atoms. The maximum absolute atomic E-state index is 13.2. The van der Waals surface area contributed by atoms with Gasteiger partial charge in [-0.2, -0.15) is 0 Å². The van der Waals surface area contributed by atoms with Gasteiger partial charge in [0.25, 0.3) is 0 Å². The second-order valence-corrected chi connectivity index (χ2v) is 36.3. The van der Waals surface area contributed by atoms with Crippen molar-refractivity contribution in [3.8, 4) is 0 Å². The molecule has 0 rings (SSSR count). The Balaban J connectivity index is 5.17. The van der Waals surface area contributed by atoms with Crippen LogP contribution in [0, 0.1) is 11.8 Å². The molecular weight excluding hydrogens is 1430 g/mol. The van der Waals surface area contributed by atoms with Crippen LogP contribution in [0.4, 0.5) is 0 Å². The lowest BCUT2D eigenvalue weighted by Crippen LogP contribution is -2.30. The molecule has 0 bridgehead atoms. The van der Waals surface area contributed by atoms with Crippen molar-refractivity contribution < 1.29 is 80.2 Å². The molecule has 0 aromatic carbocycles. The van der Waals surface area contributed by atoms with E-state index >= 15 is 0 Å². The second-order valence-electron chi connectivity index (χ2n) is 33.4. The van der Waals surface area contributed by atoms with Gasteiger partial charge in [-0.1, -0.05) is 440 Å². The van der Waals surface area contributed by atoms with Gasteiger partial charge in [0, 0.05) is 25.7 Å². The number of hydrogen-bond acceptors (Lipinski definition) is 15. The average Bonchev–Trinajstić information content (AvgIpc) is 0.899. The predicted molar refractivity (Wildman–Crippen MR) is 455 cm³/mol. The molecule has 0 spiro atoms. The molecule has 3 N–H and O–H groups in total. The highest BCUT2D eigenvalue weighted by Crippen LogP contribution is 2.45. The third-order valence-electron chi connectivity index (χ3n) is 21.8. The number of ether oxygens (including phenoxy) is 4. The van der Waals surface area contributed by atoms with Crippen molar-refractivity contribution in [2.45, 2.75) is 509 Å². The Bertz CT molecular complexity index is 2100. The van der Waals surface area contributed by atoms with Crippen molar-refractivity contribution in [1.29, 1.82) is 0 Å². The van der Waals surface area contributed by atoms with Gasteiger partial charge in [-0.05, 0) is 37.5 Å². The van der Waals surface area contributed by atoms with E-state index in [1.807, 2.05) is 0 Å². The molecule has 19 heteroatoms. The zero-order valence-electron chi connectivity index (χ0n) is 72.6. The van der Waals surface area contributed by atoms with Crippen molar-refractivity contribution in [2.75, 3.05) is 39.6 Å². The van der Waals surface area contributed by atoms with Gasteiger partial charge in [-0.3, -0.25) is 37.3 Å². The van der Waals surface area contributed by atoms with Crippen molar-refractivity contribution in [1.82, 2.24) is 0 Å². The monoisotopic (exact) mass is 1610 g/mol. The molecule has 0 fully saturated rings. The number of rotatable bonds is 90. The third-order valence-corrected chi connectivity index (χ3v) is 23.7. The standard InChI is InChI=1S/C91H178O17P2/c1-7-10-12-14-16-18-19-20-21-22-23-24-25-26-30-35-40-45-50-56-62-68-74-89(94)102-80-87(108-91(96)76-69-63-57-51-46-41-36-31-28-27-29-34-39-44-49-54-60-66-72-84(6)9-3)82-106-110(99,100)104-78-85(92)77-103-109(97,98)105-81-86(79-101-88(93)73-67-61-55-17-15-13-11-8-2)107-90(95)75-70-64-58-52-47-42-37-32-33-38-43-48-53-59-65-71-83(4)5/h83-87,92H,7-82H2,1-6H3,(H,97,98)(H,99,100)/t84?,85-,86+,87+/m0/s1. The Morgan fingerprint density at radius 3 is 0.691 bits per heavy atom. The van der Waals surface area contributed by atoms with Crippen molar-refractivity contribution in [2.24, 2.45) is 11.8 Å². The number of hydrogen-bond donors (Lipinski definition) is 3. The topological polar surface area (TPSA) is 237 Å². The van der Waals surface area contributed by atoms with Crippen LogP contribution in [-0.4, -0.2) is 96.7 Å². The first-order valence-corrected chi connectivity index (χ1v) is 50.0. The molecule has 0 aromatic heterocycles. The molecular formula is C91H178O17P2. The van der Waals surface area contributed by atoms with E-state index in [9.17, 15) is 43.2 Å². The van der Waals surface area contributed by atoms with Gasteiger partial charge >= 0.3 is 39.5 Å². The predicted octanol–water partition coefficient (Wildman–Crippen LogP) is 28.2. The Morgan fingerprint density at radius 2 is 0.464 bits per heavy atom. The number of phosphoric acid groups is 2. The third kappa shape index (κ3) is 82.6. The molecule has 17 nitrogen and oxygen atoms in total. The summed E-state index contributed by atoms with van der Waals surface area (Å²) in [5, 5.41) is 10.7. The largest absolute Gasteiger partial charge is 0.472 e. The van der Waals surface area contributed by atoms with Crippen molar-refractivity contribution in [3.05, 3.63) is 0 Å². The van der Waals surface area contributed by atoms with E-state index in [1.54, 1.807) is 0 Å². The fraction of sp³-hybridized carbons (Fsp3) is 0.956. The summed E-state index contributed by atoms with van der Waals surface area (Å²) in [6.45, 7) is 9.76. The van der Waals surface area contributed by atoms with Gasteiger partial charge in [0.15, 0.2) is 12.2 Å². The summed E-state index contributed by atoms with van der Waals surface area (Å²) in [5.41, 5.74) is 0. The Morgan fingerprint density at radius 1 is 0.264 bits per heavy atom. The van der Waals surface area contributed by atoms with Gasteiger partial charge in [0.2, 0.25) is 0 Å². The smallest absolute Gasteiger partial charge is 0.462 e. The van der Waals surface area contributed by atoms with E-state index in [-0.39, 0.29) is 25.7 Å². The van der Waals surface area contributed by atoms with Gasteiger partial charge < -0.3 is 33.8 Å². The molecule has 0 saturated carbocycles. The zero-order valence-corrected chi connectivity index (χ0v) is 74.4. The van der Waals surface area contributed by atoms with E-state index in [2.05, 4.69) is 41.5 Å². The first-order valence-electron chi connectivity index (χ1n) is 47.0. The fourth-order valence-corrected chi connectivity index (χ4v) is 15.9. The van der Waals surface area contributed by atoms with Crippen LogP contribution >= 0.6 is 15.6 Å². The van der Waals surface area contributed by atoms with E-state index in [4.69, 9.17) is 37.0 Å². The summed E-state index contributed by atoms with van der Waals surface area (Å²) in [7, 11) is -9.93. The van der Waals surface area contributed by atoms with Crippen LogP contribution in [0.2, 0.25) is 0 Å². The second kappa shape index (κ2) is 82.2. The molecule has 654 valence electrons. The molecule has 0 aromatic rings. The van der Waals surface area contributed by atoms with Crippen LogP contribution < -0.4 is 0 Å². The molecule has 0 saturated heterocycles. The summed E-state index contributed by atoms with van der Waals surface area (Å²) >= 11 is 0. The van der Waals surface area contributed by atoms with Crippen molar-refractivity contribution in [3.63, 3.8) is 0 Å². The van der Waals surface area contributed by atoms with Crippen molar-refractivity contribution >= 4 is 39.5 Å². The number of unbranched alkanes of at least 4 members (excludes halogenated alkanes) is 59. The minimum absolute atomic E-state index is 0.108. The number of esters is 4. The quantitative estimate of drug-likeness (QED) is 0.0222. The highest BCUT2D eigenvalue weighted by Gasteiger charge is 2.31. The molecule has 0 amide bonds. The Kier molecular flexibility index (Phi) is 80.7. The van der Waals surface area contributed by atoms with E-state index in [1.165, 1.54) is 302 Å². The highest BCUT2D eigenvalue weighted by atomic mass is 31.2. The molecule has 6 atom stereocenters. The number of aliphatic hydroxyl groups is 1. The number of phosphoric ester groups is 2. The average molecular weight is 1610 g/mol. The van der Waals surface area contributed by atoms with Gasteiger partial charge in [0.05, 0.1) is 26.4 Å². The zero-order chi connectivity index (χ0) is 80.6.